The van der Waals surface area contributed by atoms with E-state index in [1.165, 1.54) is 0 Å². The number of anilines is 2. The van der Waals surface area contributed by atoms with Crippen molar-refractivity contribution < 1.29 is 0 Å². The number of nitrogens with one attached hydrogen (secondary N) is 1. The molecular formula is C15H15ClN4. The summed E-state index contributed by atoms with van der Waals surface area (Å²) in [7, 11) is 0. The molecule has 20 heavy (non-hydrogen) atoms. The molecule has 1 unspecified atom stereocenters. The van der Waals surface area contributed by atoms with Gasteiger partial charge in [-0.3, -0.25) is 5.73 Å². The highest BCUT2D eigenvalue weighted by atomic mass is 35.5. The molecule has 2 aromatic rings. The molecule has 1 aliphatic rings. The lowest BCUT2D eigenvalue weighted by molar-refractivity contribution is 0.571. The molecule has 0 aromatic heterocycles. The first-order chi connectivity index (χ1) is 9.52. The van der Waals surface area contributed by atoms with Crippen LogP contribution in [0, 0.1) is 6.92 Å². The number of rotatable bonds is 1. The van der Waals surface area contributed by atoms with Crippen LogP contribution in [0.1, 0.15) is 16.7 Å². The first kappa shape index (κ1) is 13.0. The highest BCUT2D eigenvalue weighted by Gasteiger charge is 2.34. The molecule has 0 saturated carbocycles. The van der Waals surface area contributed by atoms with E-state index in [1.807, 2.05) is 31.2 Å². The molecular weight excluding hydrogens is 272 g/mol. The van der Waals surface area contributed by atoms with Gasteiger partial charge in [-0.25, -0.2) is 4.99 Å². The van der Waals surface area contributed by atoms with Gasteiger partial charge < -0.3 is 11.1 Å². The zero-order valence-corrected chi connectivity index (χ0v) is 11.8. The Hall–Kier alpha value is -2.04. The number of hydrogen-bond acceptors (Lipinski definition) is 4. The van der Waals surface area contributed by atoms with Gasteiger partial charge in [0, 0.05) is 10.6 Å². The number of nitrogens with two attached hydrogens (primary N) is 2. The van der Waals surface area contributed by atoms with Crippen LogP contribution in [0.2, 0.25) is 5.02 Å². The predicted molar refractivity (Wildman–Crippen MR) is 84.1 cm³/mol. The first-order valence-corrected chi connectivity index (χ1v) is 6.65. The molecule has 1 heterocycles. The fourth-order valence-corrected chi connectivity index (χ4v) is 2.53. The van der Waals surface area contributed by atoms with E-state index in [2.05, 4.69) is 10.3 Å². The summed E-state index contributed by atoms with van der Waals surface area (Å²) in [4.78, 5) is 4.42. The van der Waals surface area contributed by atoms with Crippen LogP contribution < -0.4 is 16.8 Å². The zero-order chi connectivity index (χ0) is 14.3. The Labute approximate surface area is 122 Å². The summed E-state index contributed by atoms with van der Waals surface area (Å²) in [5, 5.41) is 3.75. The van der Waals surface area contributed by atoms with Gasteiger partial charge in [0.25, 0.3) is 0 Å². The van der Waals surface area contributed by atoms with Crippen molar-refractivity contribution in [3.8, 4) is 0 Å². The van der Waals surface area contributed by atoms with Crippen LogP contribution in [0.25, 0.3) is 0 Å². The van der Waals surface area contributed by atoms with Gasteiger partial charge in [0.05, 0.1) is 17.7 Å². The van der Waals surface area contributed by atoms with Crippen LogP contribution in [0.15, 0.2) is 41.4 Å². The minimum absolute atomic E-state index is 0.666. The van der Waals surface area contributed by atoms with Gasteiger partial charge in [-0.1, -0.05) is 35.9 Å². The summed E-state index contributed by atoms with van der Waals surface area (Å²) in [5.74, 6) is 0. The summed E-state index contributed by atoms with van der Waals surface area (Å²) in [6, 6.07) is 11.3. The molecule has 3 rings (SSSR count). The Morgan fingerprint density at radius 1 is 1.15 bits per heavy atom. The van der Waals surface area contributed by atoms with Crippen LogP contribution in [-0.2, 0) is 5.66 Å². The predicted octanol–water partition coefficient (Wildman–Crippen LogP) is 2.84. The van der Waals surface area contributed by atoms with Crippen molar-refractivity contribution in [3.05, 3.63) is 58.1 Å². The van der Waals surface area contributed by atoms with Gasteiger partial charge in [-0.2, -0.15) is 0 Å². The molecule has 0 spiro atoms. The van der Waals surface area contributed by atoms with Crippen molar-refractivity contribution in [2.75, 3.05) is 11.1 Å². The Kier molecular flexibility index (Phi) is 2.92. The lowest BCUT2D eigenvalue weighted by Crippen LogP contribution is -2.39. The van der Waals surface area contributed by atoms with Crippen molar-refractivity contribution in [1.29, 1.82) is 0 Å². The summed E-state index contributed by atoms with van der Waals surface area (Å²) in [6.45, 7) is 1.96. The van der Waals surface area contributed by atoms with Crippen molar-refractivity contribution in [2.24, 2.45) is 10.7 Å². The van der Waals surface area contributed by atoms with Gasteiger partial charge >= 0.3 is 0 Å². The minimum Gasteiger partial charge on any atom is -0.397 e. The van der Waals surface area contributed by atoms with E-state index in [4.69, 9.17) is 23.1 Å². The number of hydrogen-bond donors (Lipinski definition) is 3. The summed E-state index contributed by atoms with van der Waals surface area (Å²) in [5.41, 5.74) is 15.9. The molecule has 2 aromatic carbocycles. The van der Waals surface area contributed by atoms with E-state index in [0.717, 1.165) is 22.4 Å². The fraction of sp³-hybridized carbons (Fsp3) is 0.133. The quantitative estimate of drug-likeness (QED) is 0.706. The van der Waals surface area contributed by atoms with Crippen LogP contribution in [0.5, 0.6) is 0 Å². The van der Waals surface area contributed by atoms with E-state index in [1.54, 1.807) is 18.5 Å². The molecule has 4 nitrogen and oxygen atoms in total. The number of aryl methyl sites for hydroxylation is 1. The van der Waals surface area contributed by atoms with E-state index < -0.39 is 5.66 Å². The van der Waals surface area contributed by atoms with Crippen LogP contribution in [0.3, 0.4) is 0 Å². The third-order valence-corrected chi connectivity index (χ3v) is 3.89. The summed E-state index contributed by atoms with van der Waals surface area (Å²) < 4.78 is 0. The number of benzene rings is 2. The van der Waals surface area contributed by atoms with Crippen LogP contribution in [-0.4, -0.2) is 6.34 Å². The number of aliphatic imine (C=N–C) groups is 1. The Bertz CT molecular complexity index is 694. The van der Waals surface area contributed by atoms with Crippen LogP contribution in [0.4, 0.5) is 11.4 Å². The van der Waals surface area contributed by atoms with Gasteiger partial charge in [0.1, 0.15) is 0 Å². The highest BCUT2D eigenvalue weighted by molar-refractivity contribution is 6.30. The zero-order valence-electron chi connectivity index (χ0n) is 11.0. The maximum absolute atomic E-state index is 6.52. The number of halogens is 1. The second-order valence-electron chi connectivity index (χ2n) is 4.89. The largest absolute Gasteiger partial charge is 0.397 e. The molecule has 5 N–H and O–H groups in total. The monoisotopic (exact) mass is 286 g/mol. The van der Waals surface area contributed by atoms with E-state index >= 15 is 0 Å². The normalized spacial score (nSPS) is 20.4. The molecule has 0 amide bonds. The second-order valence-corrected chi connectivity index (χ2v) is 5.33. The van der Waals surface area contributed by atoms with Crippen LogP contribution >= 0.6 is 11.6 Å². The summed E-state index contributed by atoms with van der Waals surface area (Å²) in [6.07, 6.45) is 1.59. The number of fused-ring (bicyclic) bond motifs is 1. The molecule has 5 heteroatoms. The molecule has 0 fully saturated rings. The molecule has 0 radical (unpaired) electrons. The summed E-state index contributed by atoms with van der Waals surface area (Å²) >= 11 is 5.93. The fourth-order valence-electron chi connectivity index (χ4n) is 2.40. The SMILES string of the molecule is Cc1ccc2c(c1N)NC=NC2(N)c1ccc(Cl)cc1. The number of nitrogen functional groups attached to an aromatic ring is 1. The standard InChI is InChI=1S/C15H15ClN4/c1-9-2-7-12-14(13(9)17)19-8-20-15(12,18)10-3-5-11(16)6-4-10/h2-8H,17-18H2,1H3,(H,19,20). The van der Waals surface area contributed by atoms with Gasteiger partial charge in [0.15, 0.2) is 5.66 Å². The Morgan fingerprint density at radius 2 is 1.85 bits per heavy atom. The van der Waals surface area contributed by atoms with E-state index in [0.29, 0.717) is 10.7 Å². The van der Waals surface area contributed by atoms with Gasteiger partial charge in [-0.05, 0) is 30.2 Å². The average Bonchev–Trinajstić information content (AvgIpc) is 2.44. The molecule has 0 saturated heterocycles. The first-order valence-electron chi connectivity index (χ1n) is 6.27. The molecule has 1 atom stereocenters. The maximum Gasteiger partial charge on any atom is 0.163 e. The Balaban J connectivity index is 2.21. The second kappa shape index (κ2) is 4.51. The van der Waals surface area contributed by atoms with Crippen molar-refractivity contribution in [2.45, 2.75) is 12.6 Å². The van der Waals surface area contributed by atoms with Crippen molar-refractivity contribution in [3.63, 3.8) is 0 Å². The highest BCUT2D eigenvalue weighted by Crippen LogP contribution is 2.39. The lowest BCUT2D eigenvalue weighted by atomic mass is 9.89. The van der Waals surface area contributed by atoms with Crippen molar-refractivity contribution in [1.82, 2.24) is 0 Å². The van der Waals surface area contributed by atoms with Gasteiger partial charge in [-0.15, -0.1) is 0 Å². The smallest absolute Gasteiger partial charge is 0.163 e. The topological polar surface area (TPSA) is 76.4 Å². The molecule has 0 bridgehead atoms. The number of nitrogens with zero attached hydrogens (tertiary/aromatic N) is 1. The third kappa shape index (κ3) is 1.85. The lowest BCUT2D eigenvalue weighted by Gasteiger charge is -2.32. The molecule has 0 aliphatic carbocycles. The molecule has 102 valence electrons. The van der Waals surface area contributed by atoms with Gasteiger partial charge in [0.2, 0.25) is 0 Å². The minimum atomic E-state index is -0.951. The third-order valence-electron chi connectivity index (χ3n) is 3.64. The van der Waals surface area contributed by atoms with E-state index in [-0.39, 0.29) is 0 Å². The van der Waals surface area contributed by atoms with E-state index in [9.17, 15) is 0 Å². The maximum atomic E-state index is 6.52. The average molecular weight is 287 g/mol. The van der Waals surface area contributed by atoms with Crippen molar-refractivity contribution >= 4 is 29.3 Å². The molecule has 1 aliphatic heterocycles. The Morgan fingerprint density at radius 3 is 2.55 bits per heavy atom.